The van der Waals surface area contributed by atoms with Crippen LogP contribution in [0, 0.1) is 17.8 Å². The number of ketones is 1. The van der Waals surface area contributed by atoms with Gasteiger partial charge in [0.05, 0.1) is 6.34 Å². The van der Waals surface area contributed by atoms with Gasteiger partial charge in [-0.05, 0) is 18.8 Å². The van der Waals surface area contributed by atoms with Crippen LogP contribution in [0.25, 0.3) is 0 Å². The lowest BCUT2D eigenvalue weighted by Gasteiger charge is -2.30. The van der Waals surface area contributed by atoms with Gasteiger partial charge in [0, 0.05) is 18.4 Å². The predicted molar refractivity (Wildman–Crippen MR) is 62.8 cm³/mol. The highest BCUT2D eigenvalue weighted by atomic mass is 16.1. The maximum Gasteiger partial charge on any atom is 0.138 e. The van der Waals surface area contributed by atoms with Crippen LogP contribution in [0.4, 0.5) is 0 Å². The van der Waals surface area contributed by atoms with E-state index >= 15 is 0 Å². The van der Waals surface area contributed by atoms with Crippen LogP contribution in [0.5, 0.6) is 0 Å². The van der Waals surface area contributed by atoms with Gasteiger partial charge in [-0.2, -0.15) is 0 Å². The van der Waals surface area contributed by atoms with Crippen molar-refractivity contribution in [1.82, 2.24) is 0 Å². The smallest absolute Gasteiger partial charge is 0.138 e. The Morgan fingerprint density at radius 1 is 1.47 bits per heavy atom. The maximum absolute atomic E-state index is 12.0. The van der Waals surface area contributed by atoms with Crippen LogP contribution in [0.1, 0.15) is 39.5 Å². The van der Waals surface area contributed by atoms with Gasteiger partial charge in [-0.1, -0.05) is 26.7 Å². The van der Waals surface area contributed by atoms with E-state index in [1.807, 2.05) is 13.8 Å². The number of nitrogens with zero attached hydrogens (tertiary/aromatic N) is 1. The topological polar surface area (TPSA) is 55.5 Å². The molecular weight excluding hydrogens is 188 g/mol. The van der Waals surface area contributed by atoms with Crippen molar-refractivity contribution < 1.29 is 4.79 Å². The van der Waals surface area contributed by atoms with Crippen LogP contribution < -0.4 is 5.73 Å². The fourth-order valence-electron chi connectivity index (χ4n) is 2.43. The minimum Gasteiger partial charge on any atom is -0.390 e. The molecule has 0 saturated heterocycles. The second-order valence-corrected chi connectivity index (χ2v) is 4.72. The Hall–Kier alpha value is -0.860. The van der Waals surface area contributed by atoms with Crippen LogP contribution in [-0.2, 0) is 4.79 Å². The van der Waals surface area contributed by atoms with E-state index < -0.39 is 0 Å². The summed E-state index contributed by atoms with van der Waals surface area (Å²) in [6.07, 6.45) is 5.94. The number of carbonyl (C=O) groups is 1. The lowest BCUT2D eigenvalue weighted by molar-refractivity contribution is -0.128. The molecule has 86 valence electrons. The van der Waals surface area contributed by atoms with Gasteiger partial charge in [-0.25, -0.2) is 0 Å². The van der Waals surface area contributed by atoms with E-state index in [1.165, 1.54) is 19.2 Å². The van der Waals surface area contributed by atoms with Crippen molar-refractivity contribution in [2.45, 2.75) is 39.5 Å². The summed E-state index contributed by atoms with van der Waals surface area (Å²) in [7, 11) is 0. The molecule has 3 heteroatoms. The zero-order valence-electron chi connectivity index (χ0n) is 9.78. The molecule has 15 heavy (non-hydrogen) atoms. The fraction of sp³-hybridized carbons (Fsp3) is 0.833. The van der Waals surface area contributed by atoms with Crippen molar-refractivity contribution in [2.24, 2.45) is 28.5 Å². The first-order valence-electron chi connectivity index (χ1n) is 5.90. The number of aliphatic imine (C=N–C) groups is 1. The zero-order valence-corrected chi connectivity index (χ0v) is 9.78. The number of rotatable bonds is 4. The largest absolute Gasteiger partial charge is 0.390 e. The fourth-order valence-corrected chi connectivity index (χ4v) is 2.43. The summed E-state index contributed by atoms with van der Waals surface area (Å²) in [5.74, 6) is 1.21. The highest BCUT2D eigenvalue weighted by molar-refractivity contribution is 5.83. The highest BCUT2D eigenvalue weighted by Gasteiger charge is 2.31. The average molecular weight is 210 g/mol. The first kappa shape index (κ1) is 12.2. The van der Waals surface area contributed by atoms with Crippen molar-refractivity contribution in [3.05, 3.63) is 0 Å². The van der Waals surface area contributed by atoms with Crippen molar-refractivity contribution in [3.8, 4) is 0 Å². The lowest BCUT2D eigenvalue weighted by Crippen LogP contribution is -2.31. The highest BCUT2D eigenvalue weighted by Crippen LogP contribution is 2.32. The average Bonchev–Trinajstić information content (AvgIpc) is 2.25. The molecule has 1 fully saturated rings. The minimum atomic E-state index is 0.150. The number of nitrogens with two attached hydrogens (primary N) is 1. The van der Waals surface area contributed by atoms with Gasteiger partial charge in [-0.3, -0.25) is 9.79 Å². The molecule has 0 bridgehead atoms. The molecule has 0 aromatic heterocycles. The zero-order chi connectivity index (χ0) is 11.3. The number of hydrogen-bond donors (Lipinski definition) is 1. The number of hydrogen-bond acceptors (Lipinski definition) is 2. The van der Waals surface area contributed by atoms with Crippen LogP contribution in [-0.4, -0.2) is 18.7 Å². The number of Topliss-reactive ketones (excluding diaryl/α,β-unsaturated/α-hetero) is 1. The molecule has 0 amide bonds. The Morgan fingerprint density at radius 3 is 2.73 bits per heavy atom. The molecule has 0 spiro atoms. The summed E-state index contributed by atoms with van der Waals surface area (Å²) < 4.78 is 0. The molecule has 1 aliphatic rings. The third-order valence-electron chi connectivity index (χ3n) is 3.29. The van der Waals surface area contributed by atoms with Gasteiger partial charge in [0.1, 0.15) is 5.78 Å². The van der Waals surface area contributed by atoms with Gasteiger partial charge in [0.15, 0.2) is 0 Å². The molecule has 0 heterocycles. The predicted octanol–water partition coefficient (Wildman–Crippen LogP) is 2.00. The summed E-state index contributed by atoms with van der Waals surface area (Å²) in [6, 6.07) is 0. The summed E-state index contributed by atoms with van der Waals surface area (Å²) in [5, 5.41) is 0. The van der Waals surface area contributed by atoms with Crippen molar-refractivity contribution in [2.75, 3.05) is 6.54 Å². The van der Waals surface area contributed by atoms with Crippen LogP contribution in [0.2, 0.25) is 0 Å². The first-order valence-corrected chi connectivity index (χ1v) is 5.90. The molecule has 2 N–H and O–H groups in total. The van der Waals surface area contributed by atoms with E-state index in [9.17, 15) is 4.79 Å². The van der Waals surface area contributed by atoms with E-state index in [-0.39, 0.29) is 11.8 Å². The van der Waals surface area contributed by atoms with Crippen molar-refractivity contribution in [3.63, 3.8) is 0 Å². The van der Waals surface area contributed by atoms with Gasteiger partial charge < -0.3 is 5.73 Å². The van der Waals surface area contributed by atoms with Crippen molar-refractivity contribution >= 4 is 12.1 Å². The SMILES string of the molecule is CC(C)C(=O)C1CCCCC1CN=CN. The van der Waals surface area contributed by atoms with E-state index in [2.05, 4.69) is 4.99 Å². The standard InChI is InChI=1S/C12H22N2O/c1-9(2)12(15)11-6-4-3-5-10(11)7-14-8-13/h8-11H,3-7H2,1-2H3,(H2,13,14). The molecule has 3 nitrogen and oxygen atoms in total. The lowest BCUT2D eigenvalue weighted by atomic mass is 9.74. The third kappa shape index (κ3) is 3.33. The molecule has 1 aliphatic carbocycles. The molecule has 2 unspecified atom stereocenters. The van der Waals surface area contributed by atoms with Gasteiger partial charge >= 0.3 is 0 Å². The second-order valence-electron chi connectivity index (χ2n) is 4.72. The second kappa shape index (κ2) is 5.89. The van der Waals surface area contributed by atoms with Crippen LogP contribution in [0.15, 0.2) is 4.99 Å². The third-order valence-corrected chi connectivity index (χ3v) is 3.29. The molecule has 2 atom stereocenters. The Balaban J connectivity index is 2.60. The van der Waals surface area contributed by atoms with Gasteiger partial charge in [0.25, 0.3) is 0 Å². The number of carbonyl (C=O) groups excluding carboxylic acids is 1. The Morgan fingerprint density at radius 2 is 2.13 bits per heavy atom. The summed E-state index contributed by atoms with van der Waals surface area (Å²) >= 11 is 0. The van der Waals surface area contributed by atoms with Gasteiger partial charge in [-0.15, -0.1) is 0 Å². The molecule has 0 aromatic rings. The first-order chi connectivity index (χ1) is 7.16. The molecule has 0 radical (unpaired) electrons. The Bertz CT molecular complexity index is 236. The summed E-state index contributed by atoms with van der Waals surface area (Å²) in [4.78, 5) is 16.1. The minimum absolute atomic E-state index is 0.150. The molecule has 0 aliphatic heterocycles. The summed E-state index contributed by atoms with van der Waals surface area (Å²) in [5.41, 5.74) is 5.25. The Kier molecular flexibility index (Phi) is 4.79. The normalized spacial score (nSPS) is 27.4. The van der Waals surface area contributed by atoms with Crippen molar-refractivity contribution in [1.29, 1.82) is 0 Å². The molecule has 1 rings (SSSR count). The molecular formula is C12H22N2O. The molecule has 1 saturated carbocycles. The summed E-state index contributed by atoms with van der Waals surface area (Å²) in [6.45, 7) is 4.69. The van der Waals surface area contributed by atoms with Crippen LogP contribution >= 0.6 is 0 Å². The Labute approximate surface area is 92.1 Å². The van der Waals surface area contributed by atoms with Crippen LogP contribution in [0.3, 0.4) is 0 Å². The van der Waals surface area contributed by atoms with E-state index in [0.717, 1.165) is 19.4 Å². The quantitative estimate of drug-likeness (QED) is 0.570. The van der Waals surface area contributed by atoms with E-state index in [0.29, 0.717) is 11.7 Å². The van der Waals surface area contributed by atoms with E-state index in [1.54, 1.807) is 0 Å². The monoisotopic (exact) mass is 210 g/mol. The maximum atomic E-state index is 12.0. The molecule has 0 aromatic carbocycles. The van der Waals surface area contributed by atoms with Gasteiger partial charge in [0.2, 0.25) is 0 Å². The van der Waals surface area contributed by atoms with E-state index in [4.69, 9.17) is 5.73 Å².